The predicted molar refractivity (Wildman–Crippen MR) is 74.4 cm³/mol. The standard InChI is InChI=1S/C14H20N4/c1-4-7-11(2)16-13-9-6-5-8-12(13)14-17-15-10-18(14)3/h5-6,8-11,16H,4,7H2,1-3H3. The molecule has 0 radical (unpaired) electrons. The molecule has 1 aromatic heterocycles. The van der Waals surface area contributed by atoms with Crippen LogP contribution in [-0.2, 0) is 7.05 Å². The summed E-state index contributed by atoms with van der Waals surface area (Å²) in [5.74, 6) is 0.891. The average molecular weight is 244 g/mol. The third-order valence-corrected chi connectivity index (χ3v) is 3.00. The minimum atomic E-state index is 0.462. The second-order valence-corrected chi connectivity index (χ2v) is 4.65. The minimum absolute atomic E-state index is 0.462. The van der Waals surface area contributed by atoms with E-state index < -0.39 is 0 Å². The van der Waals surface area contributed by atoms with Gasteiger partial charge in [0.15, 0.2) is 5.82 Å². The second-order valence-electron chi connectivity index (χ2n) is 4.65. The van der Waals surface area contributed by atoms with E-state index in [-0.39, 0.29) is 0 Å². The third-order valence-electron chi connectivity index (χ3n) is 3.00. The highest BCUT2D eigenvalue weighted by Crippen LogP contribution is 2.26. The van der Waals surface area contributed by atoms with Crippen LogP contribution in [0.4, 0.5) is 5.69 Å². The van der Waals surface area contributed by atoms with E-state index in [1.165, 1.54) is 6.42 Å². The summed E-state index contributed by atoms with van der Waals surface area (Å²) in [5, 5.41) is 11.7. The lowest BCUT2D eigenvalue weighted by Crippen LogP contribution is -2.15. The molecular formula is C14H20N4. The van der Waals surface area contributed by atoms with Crippen molar-refractivity contribution in [1.82, 2.24) is 14.8 Å². The summed E-state index contributed by atoms with van der Waals surface area (Å²) < 4.78 is 1.94. The lowest BCUT2D eigenvalue weighted by atomic mass is 10.1. The van der Waals surface area contributed by atoms with E-state index in [2.05, 4.69) is 41.5 Å². The Labute approximate surface area is 108 Å². The molecule has 0 aliphatic carbocycles. The van der Waals surface area contributed by atoms with Crippen molar-refractivity contribution in [3.8, 4) is 11.4 Å². The van der Waals surface area contributed by atoms with Crippen molar-refractivity contribution >= 4 is 5.69 Å². The van der Waals surface area contributed by atoms with Gasteiger partial charge in [0, 0.05) is 24.3 Å². The van der Waals surface area contributed by atoms with E-state index in [0.29, 0.717) is 6.04 Å². The molecule has 0 saturated carbocycles. The van der Waals surface area contributed by atoms with Gasteiger partial charge in [-0.25, -0.2) is 0 Å². The van der Waals surface area contributed by atoms with Gasteiger partial charge >= 0.3 is 0 Å². The molecule has 0 amide bonds. The maximum atomic E-state index is 4.17. The molecule has 0 aliphatic heterocycles. The monoisotopic (exact) mass is 244 g/mol. The van der Waals surface area contributed by atoms with E-state index >= 15 is 0 Å². The highest BCUT2D eigenvalue weighted by Gasteiger charge is 2.11. The molecule has 1 N–H and O–H groups in total. The number of hydrogen-bond acceptors (Lipinski definition) is 3. The maximum Gasteiger partial charge on any atom is 0.165 e. The number of aromatic nitrogens is 3. The fourth-order valence-electron chi connectivity index (χ4n) is 2.10. The average Bonchev–Trinajstić information content (AvgIpc) is 2.76. The first-order chi connectivity index (χ1) is 8.72. The van der Waals surface area contributed by atoms with Gasteiger partial charge in [0.25, 0.3) is 0 Å². The minimum Gasteiger partial charge on any atom is -0.382 e. The molecule has 0 spiro atoms. The molecule has 0 aliphatic rings. The topological polar surface area (TPSA) is 42.7 Å². The fourth-order valence-corrected chi connectivity index (χ4v) is 2.10. The van der Waals surface area contributed by atoms with Crippen LogP contribution in [0.2, 0.25) is 0 Å². The molecule has 18 heavy (non-hydrogen) atoms. The van der Waals surface area contributed by atoms with Crippen LogP contribution in [0.3, 0.4) is 0 Å². The van der Waals surface area contributed by atoms with Crippen LogP contribution in [0.15, 0.2) is 30.6 Å². The van der Waals surface area contributed by atoms with Crippen LogP contribution in [0, 0.1) is 0 Å². The summed E-state index contributed by atoms with van der Waals surface area (Å²) in [7, 11) is 1.96. The number of anilines is 1. The number of para-hydroxylation sites is 1. The molecule has 1 unspecified atom stereocenters. The van der Waals surface area contributed by atoms with Crippen molar-refractivity contribution < 1.29 is 0 Å². The molecule has 0 bridgehead atoms. The van der Waals surface area contributed by atoms with Crippen LogP contribution in [0.5, 0.6) is 0 Å². The molecule has 4 nitrogen and oxygen atoms in total. The van der Waals surface area contributed by atoms with Crippen molar-refractivity contribution in [1.29, 1.82) is 0 Å². The lowest BCUT2D eigenvalue weighted by Gasteiger charge is -2.17. The van der Waals surface area contributed by atoms with Gasteiger partial charge in [-0.3, -0.25) is 0 Å². The van der Waals surface area contributed by atoms with Gasteiger partial charge in [0.1, 0.15) is 6.33 Å². The van der Waals surface area contributed by atoms with Crippen molar-refractivity contribution in [3.05, 3.63) is 30.6 Å². The fraction of sp³-hybridized carbons (Fsp3) is 0.429. The Kier molecular flexibility index (Phi) is 3.97. The largest absolute Gasteiger partial charge is 0.382 e. The van der Waals surface area contributed by atoms with E-state index in [1.54, 1.807) is 6.33 Å². The van der Waals surface area contributed by atoms with Crippen molar-refractivity contribution in [3.63, 3.8) is 0 Å². The molecule has 96 valence electrons. The van der Waals surface area contributed by atoms with Gasteiger partial charge < -0.3 is 9.88 Å². The quantitative estimate of drug-likeness (QED) is 0.879. The van der Waals surface area contributed by atoms with Crippen molar-refractivity contribution in [2.24, 2.45) is 7.05 Å². The number of nitrogens with one attached hydrogen (secondary N) is 1. The van der Waals surface area contributed by atoms with Gasteiger partial charge in [0.05, 0.1) is 0 Å². The molecular weight excluding hydrogens is 224 g/mol. The molecule has 0 saturated heterocycles. The number of aryl methyl sites for hydroxylation is 1. The maximum absolute atomic E-state index is 4.17. The van der Waals surface area contributed by atoms with E-state index in [9.17, 15) is 0 Å². The highest BCUT2D eigenvalue weighted by molar-refractivity contribution is 5.73. The predicted octanol–water partition coefficient (Wildman–Crippen LogP) is 3.08. The highest BCUT2D eigenvalue weighted by atomic mass is 15.2. The summed E-state index contributed by atoms with van der Waals surface area (Å²) in [6.07, 6.45) is 4.06. The Morgan fingerprint density at radius 2 is 2.11 bits per heavy atom. The Balaban J connectivity index is 2.29. The van der Waals surface area contributed by atoms with Crippen molar-refractivity contribution in [2.45, 2.75) is 32.7 Å². The third kappa shape index (κ3) is 2.70. The van der Waals surface area contributed by atoms with E-state index in [0.717, 1.165) is 23.5 Å². The first kappa shape index (κ1) is 12.6. The van der Waals surface area contributed by atoms with Gasteiger partial charge in [-0.1, -0.05) is 25.5 Å². The summed E-state index contributed by atoms with van der Waals surface area (Å²) in [6, 6.07) is 8.70. The normalized spacial score (nSPS) is 12.4. The first-order valence-corrected chi connectivity index (χ1v) is 6.42. The van der Waals surface area contributed by atoms with Gasteiger partial charge in [-0.15, -0.1) is 10.2 Å². The zero-order chi connectivity index (χ0) is 13.0. The number of benzene rings is 1. The molecule has 1 atom stereocenters. The summed E-state index contributed by atoms with van der Waals surface area (Å²) in [4.78, 5) is 0. The second kappa shape index (κ2) is 5.67. The van der Waals surface area contributed by atoms with E-state index in [4.69, 9.17) is 0 Å². The summed E-state index contributed by atoms with van der Waals surface area (Å²) in [5.41, 5.74) is 2.22. The van der Waals surface area contributed by atoms with Crippen LogP contribution in [-0.4, -0.2) is 20.8 Å². The Bertz CT molecular complexity index is 504. The van der Waals surface area contributed by atoms with Crippen LogP contribution >= 0.6 is 0 Å². The van der Waals surface area contributed by atoms with Crippen molar-refractivity contribution in [2.75, 3.05) is 5.32 Å². The summed E-state index contributed by atoms with van der Waals surface area (Å²) >= 11 is 0. The SMILES string of the molecule is CCCC(C)Nc1ccccc1-c1nncn1C. The van der Waals surface area contributed by atoms with Gasteiger partial charge in [-0.2, -0.15) is 0 Å². The lowest BCUT2D eigenvalue weighted by molar-refractivity contribution is 0.690. The Hall–Kier alpha value is -1.84. The zero-order valence-electron chi connectivity index (χ0n) is 11.2. The van der Waals surface area contributed by atoms with Gasteiger partial charge in [-0.05, 0) is 25.5 Å². The Morgan fingerprint density at radius 1 is 1.33 bits per heavy atom. The van der Waals surface area contributed by atoms with Crippen LogP contribution in [0.1, 0.15) is 26.7 Å². The number of rotatable bonds is 5. The molecule has 1 heterocycles. The number of nitrogens with zero attached hydrogens (tertiary/aromatic N) is 3. The van der Waals surface area contributed by atoms with Crippen LogP contribution in [0.25, 0.3) is 11.4 Å². The summed E-state index contributed by atoms with van der Waals surface area (Å²) in [6.45, 7) is 4.41. The van der Waals surface area contributed by atoms with Crippen LogP contribution < -0.4 is 5.32 Å². The molecule has 1 aromatic carbocycles. The molecule has 2 aromatic rings. The van der Waals surface area contributed by atoms with E-state index in [1.807, 2.05) is 23.7 Å². The molecule has 4 heteroatoms. The zero-order valence-corrected chi connectivity index (χ0v) is 11.2. The number of hydrogen-bond donors (Lipinski definition) is 1. The Morgan fingerprint density at radius 3 is 2.78 bits per heavy atom. The molecule has 2 rings (SSSR count). The smallest absolute Gasteiger partial charge is 0.165 e. The van der Waals surface area contributed by atoms with Gasteiger partial charge in [0.2, 0.25) is 0 Å². The first-order valence-electron chi connectivity index (χ1n) is 6.42. The molecule has 0 fully saturated rings.